The normalized spacial score (nSPS) is 36.9. The molecule has 282 valence electrons. The van der Waals surface area contributed by atoms with Crippen LogP contribution in [0.15, 0.2) is 35.5 Å². The van der Waals surface area contributed by atoms with Crippen LogP contribution >= 0.6 is 0 Å². The molecular formula is C47H82O2. The number of fused-ring (bicyclic) bond motifs is 2. The molecule has 1 N–H and O–H groups in total. The summed E-state index contributed by atoms with van der Waals surface area (Å²) in [6.07, 6.45) is 26.1. The zero-order chi connectivity index (χ0) is 36.3. The van der Waals surface area contributed by atoms with E-state index in [1.165, 1.54) is 50.5 Å². The third-order valence-corrected chi connectivity index (χ3v) is 16.6. The number of hydrogen-bond acceptors (Lipinski definition) is 2. The molecular weight excluding hydrogens is 597 g/mol. The molecule has 0 heterocycles. The second-order valence-corrected chi connectivity index (χ2v) is 19.9. The molecule has 0 amide bonds. The fourth-order valence-corrected chi connectivity index (χ4v) is 11.2. The quantitative estimate of drug-likeness (QED) is 0.196. The van der Waals surface area contributed by atoms with Crippen molar-refractivity contribution in [2.24, 2.45) is 75.4 Å². The van der Waals surface area contributed by atoms with Crippen LogP contribution in [0.5, 0.6) is 0 Å². The third kappa shape index (κ3) is 9.21. The number of aliphatic hydroxyl groups excluding tert-OH is 1. The van der Waals surface area contributed by atoms with Gasteiger partial charge in [-0.25, -0.2) is 0 Å². The Kier molecular flexibility index (Phi) is 14.1. The van der Waals surface area contributed by atoms with Crippen molar-refractivity contribution in [3.8, 4) is 0 Å². The molecule has 0 spiro atoms. The lowest BCUT2D eigenvalue weighted by atomic mass is 9.61. The second kappa shape index (κ2) is 16.9. The van der Waals surface area contributed by atoms with E-state index in [1.807, 2.05) is 6.92 Å². The maximum atomic E-state index is 9.76. The Morgan fingerprint density at radius 1 is 0.918 bits per heavy atom. The Labute approximate surface area is 305 Å². The molecule has 5 aliphatic carbocycles. The summed E-state index contributed by atoms with van der Waals surface area (Å²) >= 11 is 0. The van der Waals surface area contributed by atoms with Crippen LogP contribution in [-0.4, -0.2) is 23.9 Å². The molecule has 2 heteroatoms. The van der Waals surface area contributed by atoms with Crippen molar-refractivity contribution >= 4 is 0 Å². The van der Waals surface area contributed by atoms with Crippen LogP contribution in [0.3, 0.4) is 0 Å². The summed E-state index contributed by atoms with van der Waals surface area (Å²) in [4.78, 5) is 0. The van der Waals surface area contributed by atoms with Gasteiger partial charge in [-0.05, 0) is 147 Å². The van der Waals surface area contributed by atoms with Gasteiger partial charge >= 0.3 is 0 Å². The van der Waals surface area contributed by atoms with Gasteiger partial charge in [-0.15, -0.1) is 0 Å². The monoisotopic (exact) mass is 679 g/mol. The van der Waals surface area contributed by atoms with Crippen molar-refractivity contribution < 1.29 is 9.84 Å². The number of rotatable bonds is 13. The molecule has 3 fully saturated rings. The lowest BCUT2D eigenvalue weighted by Crippen LogP contribution is -2.37. The molecule has 3 saturated carbocycles. The summed E-state index contributed by atoms with van der Waals surface area (Å²) in [6.45, 7) is 31.1. The summed E-state index contributed by atoms with van der Waals surface area (Å²) in [5.74, 6) is 8.45. The highest BCUT2D eigenvalue weighted by Gasteiger charge is 2.56. The van der Waals surface area contributed by atoms with Gasteiger partial charge in [0.15, 0.2) is 0 Å². The molecule has 0 aliphatic heterocycles. The van der Waals surface area contributed by atoms with E-state index in [4.69, 9.17) is 4.74 Å². The van der Waals surface area contributed by atoms with Gasteiger partial charge < -0.3 is 9.84 Å². The van der Waals surface area contributed by atoms with Crippen LogP contribution in [0.25, 0.3) is 0 Å². The van der Waals surface area contributed by atoms with E-state index < -0.39 is 0 Å². The summed E-state index contributed by atoms with van der Waals surface area (Å²) in [6, 6.07) is 0. The van der Waals surface area contributed by atoms with E-state index >= 15 is 0 Å². The van der Waals surface area contributed by atoms with Gasteiger partial charge in [-0.1, -0.05) is 131 Å². The first-order chi connectivity index (χ1) is 22.9. The predicted molar refractivity (Wildman–Crippen MR) is 212 cm³/mol. The molecule has 0 aromatic carbocycles. The molecule has 49 heavy (non-hydrogen) atoms. The van der Waals surface area contributed by atoms with Crippen LogP contribution in [-0.2, 0) is 4.74 Å². The maximum absolute atomic E-state index is 9.76. The molecule has 12 unspecified atom stereocenters. The van der Waals surface area contributed by atoms with Gasteiger partial charge in [0, 0.05) is 0 Å². The first kappa shape index (κ1) is 40.9. The zero-order valence-corrected chi connectivity index (χ0v) is 34.8. The van der Waals surface area contributed by atoms with E-state index in [0.29, 0.717) is 28.8 Å². The second-order valence-electron chi connectivity index (χ2n) is 19.9. The first-order valence-electron chi connectivity index (χ1n) is 21.3. The highest BCUT2D eigenvalue weighted by Crippen LogP contribution is 2.64. The van der Waals surface area contributed by atoms with E-state index in [0.717, 1.165) is 54.5 Å². The first-order valence-corrected chi connectivity index (χ1v) is 21.3. The number of hydrogen-bond donors (Lipinski definition) is 1. The molecule has 0 aromatic heterocycles. The number of aliphatic hydroxyl groups is 1. The number of allylic oxidation sites excluding steroid dienone is 4. The lowest BCUT2D eigenvalue weighted by Gasteiger charge is -2.44. The number of ether oxygens (including phenoxy) is 1. The van der Waals surface area contributed by atoms with Gasteiger partial charge in [0.1, 0.15) is 0 Å². The van der Waals surface area contributed by atoms with Gasteiger partial charge in [0.25, 0.3) is 0 Å². The Morgan fingerprint density at radius 2 is 1.61 bits per heavy atom. The minimum atomic E-state index is -0.294. The van der Waals surface area contributed by atoms with Gasteiger partial charge in [-0.3, -0.25) is 0 Å². The fourth-order valence-electron chi connectivity index (χ4n) is 11.2. The van der Waals surface area contributed by atoms with E-state index in [-0.39, 0.29) is 17.4 Å². The van der Waals surface area contributed by atoms with Crippen molar-refractivity contribution in [3.63, 3.8) is 0 Å². The maximum Gasteiger partial charge on any atom is 0.0685 e. The summed E-state index contributed by atoms with van der Waals surface area (Å²) in [7, 11) is 0. The van der Waals surface area contributed by atoms with Crippen molar-refractivity contribution in [3.05, 3.63) is 35.5 Å². The molecule has 2 nitrogen and oxygen atoms in total. The summed E-state index contributed by atoms with van der Waals surface area (Å²) in [5, 5.41) is 9.76. The highest BCUT2D eigenvalue weighted by atomic mass is 16.5. The minimum Gasteiger partial charge on any atom is -0.393 e. The van der Waals surface area contributed by atoms with Crippen LogP contribution in [0, 0.1) is 75.4 Å². The van der Waals surface area contributed by atoms with E-state index in [9.17, 15) is 5.11 Å². The van der Waals surface area contributed by atoms with Gasteiger partial charge in [0.05, 0.1) is 18.8 Å². The molecule has 5 rings (SSSR count). The Morgan fingerprint density at radius 3 is 2.18 bits per heavy atom. The van der Waals surface area contributed by atoms with Gasteiger partial charge in [-0.2, -0.15) is 0 Å². The Hall–Kier alpha value is -0.860. The summed E-state index contributed by atoms with van der Waals surface area (Å²) < 4.78 is 6.47. The zero-order valence-electron chi connectivity index (χ0n) is 34.8. The van der Waals surface area contributed by atoms with Crippen molar-refractivity contribution in [1.29, 1.82) is 0 Å². The van der Waals surface area contributed by atoms with Crippen LogP contribution < -0.4 is 0 Å². The molecule has 2 bridgehead atoms. The Balaban J connectivity index is 0.000000252. The van der Waals surface area contributed by atoms with Crippen LogP contribution in [0.1, 0.15) is 167 Å². The van der Waals surface area contributed by atoms with Crippen LogP contribution in [0.4, 0.5) is 0 Å². The smallest absolute Gasteiger partial charge is 0.0685 e. The lowest BCUT2D eigenvalue weighted by molar-refractivity contribution is 0.0244. The highest BCUT2D eigenvalue weighted by molar-refractivity contribution is 5.25. The molecule has 0 saturated heterocycles. The van der Waals surface area contributed by atoms with Crippen molar-refractivity contribution in [1.82, 2.24) is 0 Å². The van der Waals surface area contributed by atoms with Crippen molar-refractivity contribution in [2.45, 2.75) is 179 Å². The third-order valence-electron chi connectivity index (χ3n) is 16.6. The SMILES string of the molecule is CCC(CCC1CC=C(C)C1(C)C)C(C)OCC1=CCC(/C=C/C(C)C(C)O)C1(C)C.CCC1CCCC(C2CC3CC2C(C)C3(C)C)C1. The topological polar surface area (TPSA) is 29.5 Å². The minimum absolute atomic E-state index is 0.118. The fraction of sp³-hybridized carbons (Fsp3) is 0.872. The van der Waals surface area contributed by atoms with Gasteiger partial charge in [0.2, 0.25) is 0 Å². The van der Waals surface area contributed by atoms with E-state index in [2.05, 4.69) is 107 Å². The average Bonchev–Trinajstić information content (AvgIpc) is 3.76. The average molecular weight is 679 g/mol. The molecule has 12 atom stereocenters. The predicted octanol–water partition coefficient (Wildman–Crippen LogP) is 13.3. The largest absolute Gasteiger partial charge is 0.393 e. The molecule has 0 aromatic rings. The molecule has 5 aliphatic rings. The molecule has 0 radical (unpaired) electrons. The van der Waals surface area contributed by atoms with Crippen LogP contribution in [0.2, 0.25) is 0 Å². The summed E-state index contributed by atoms with van der Waals surface area (Å²) in [5.41, 5.74) is 4.12. The van der Waals surface area contributed by atoms with E-state index in [1.54, 1.807) is 31.3 Å². The Bertz CT molecular complexity index is 1130. The standard InChI is InChI=1S/C29H50O2.C18H32/c1-10-24(13-16-25-15-12-21(3)28(25,6)7)23(5)31-19-27-18-17-26(29(27,8)9)14-11-20(2)22(4)30;1-5-13-7-6-8-14(9-13)17-11-15-10-16(17)12(2)18(15,3)4/h11-12,14,18,20,22-26,30H,10,13,15-17,19H2,1-9H3;12-17H,5-11H2,1-4H3/b14-11+;. The van der Waals surface area contributed by atoms with Crippen molar-refractivity contribution in [2.75, 3.05) is 6.61 Å².